The van der Waals surface area contributed by atoms with Crippen molar-refractivity contribution in [2.24, 2.45) is 0 Å². The van der Waals surface area contributed by atoms with Gasteiger partial charge in [-0.15, -0.1) is 0 Å². The molecule has 0 fully saturated rings. The third kappa shape index (κ3) is 3.39. The predicted molar refractivity (Wildman–Crippen MR) is 134 cm³/mol. The number of hydrogen-bond donors (Lipinski definition) is 2. The zero-order chi connectivity index (χ0) is 25.0. The van der Waals surface area contributed by atoms with Gasteiger partial charge in [0, 0.05) is 40.0 Å². The number of benzene rings is 2. The van der Waals surface area contributed by atoms with Crippen molar-refractivity contribution in [3.8, 4) is 28.1 Å². The molecule has 0 saturated heterocycles. The Morgan fingerprint density at radius 2 is 1.92 bits per heavy atom. The maximum Gasteiger partial charge on any atom is 0.142 e. The minimum absolute atomic E-state index is 0.0963. The van der Waals surface area contributed by atoms with Crippen LogP contribution in [0.5, 0.6) is 5.75 Å². The van der Waals surface area contributed by atoms with Crippen molar-refractivity contribution < 1.29 is 18.8 Å². The molecule has 0 aliphatic heterocycles. The van der Waals surface area contributed by atoms with E-state index in [4.69, 9.17) is 14.2 Å². The molecule has 0 unspecified atom stereocenters. The molecular formula is C27H22FN5O3. The second-order valence-electron chi connectivity index (χ2n) is 8.63. The molecule has 0 radical (unpaired) electrons. The Hall–Kier alpha value is -4.37. The van der Waals surface area contributed by atoms with Crippen LogP contribution in [0.4, 0.5) is 4.39 Å². The highest BCUT2D eigenvalue weighted by molar-refractivity contribution is 6.15. The molecule has 4 heterocycles. The Labute approximate surface area is 204 Å². The standard InChI is InChI=1S/C27H22FN5O3/c1-13-24(14(2)36-33-13)19-11-21-18(12-22(19)35-3)25-26(31-23(7-9-34)32-27(25)30-21)16-6-8-29-20-5-4-15(28)10-17(16)20/h4-6,8,10-12,34H,7,9H2,1-3H3,(H,30,31,32). The van der Waals surface area contributed by atoms with Crippen LogP contribution in [0.15, 0.2) is 47.1 Å². The third-order valence-electron chi connectivity index (χ3n) is 6.41. The first-order valence-corrected chi connectivity index (χ1v) is 11.5. The first-order valence-electron chi connectivity index (χ1n) is 11.5. The van der Waals surface area contributed by atoms with Gasteiger partial charge in [-0.1, -0.05) is 5.16 Å². The average Bonchev–Trinajstić information content (AvgIpc) is 3.40. The number of aliphatic hydroxyl groups is 1. The molecule has 180 valence electrons. The SMILES string of the molecule is COc1cc2c(cc1-c1c(C)noc1C)[nH]c1nc(CCO)nc(-c3ccnc4ccc(F)cc34)c12. The van der Waals surface area contributed by atoms with Gasteiger partial charge in [-0.2, -0.15) is 0 Å². The Kier molecular flexibility index (Phi) is 5.15. The molecule has 0 aliphatic carbocycles. The molecule has 0 amide bonds. The van der Waals surface area contributed by atoms with Gasteiger partial charge in [-0.25, -0.2) is 14.4 Å². The molecule has 4 aromatic heterocycles. The number of hydrogen-bond acceptors (Lipinski definition) is 7. The fourth-order valence-corrected chi connectivity index (χ4v) is 4.83. The summed E-state index contributed by atoms with van der Waals surface area (Å²) in [6.45, 7) is 3.66. The summed E-state index contributed by atoms with van der Waals surface area (Å²) in [6.07, 6.45) is 1.96. The molecule has 2 aromatic carbocycles. The molecule has 36 heavy (non-hydrogen) atoms. The van der Waals surface area contributed by atoms with Crippen LogP contribution in [0.3, 0.4) is 0 Å². The van der Waals surface area contributed by atoms with Crippen molar-refractivity contribution in [3.63, 3.8) is 0 Å². The molecule has 0 atom stereocenters. The van der Waals surface area contributed by atoms with Crippen molar-refractivity contribution in [2.45, 2.75) is 20.3 Å². The van der Waals surface area contributed by atoms with Crippen molar-refractivity contribution in [1.29, 1.82) is 0 Å². The Morgan fingerprint density at radius 1 is 1.06 bits per heavy atom. The number of aryl methyl sites for hydroxylation is 2. The van der Waals surface area contributed by atoms with Crippen molar-refractivity contribution >= 4 is 32.8 Å². The number of fused-ring (bicyclic) bond motifs is 4. The summed E-state index contributed by atoms with van der Waals surface area (Å²) in [6, 6.07) is 10.2. The molecule has 2 N–H and O–H groups in total. The number of halogens is 1. The summed E-state index contributed by atoms with van der Waals surface area (Å²) in [7, 11) is 1.62. The van der Waals surface area contributed by atoms with Gasteiger partial charge in [-0.05, 0) is 50.2 Å². The number of rotatable bonds is 5. The number of nitrogens with zero attached hydrogens (tertiary/aromatic N) is 4. The van der Waals surface area contributed by atoms with E-state index in [-0.39, 0.29) is 18.8 Å². The Balaban J connectivity index is 1.71. The molecule has 8 nitrogen and oxygen atoms in total. The quantitative estimate of drug-likeness (QED) is 0.343. The van der Waals surface area contributed by atoms with Gasteiger partial charge in [0.25, 0.3) is 0 Å². The highest BCUT2D eigenvalue weighted by Crippen LogP contribution is 2.42. The third-order valence-corrected chi connectivity index (χ3v) is 6.41. The average molecular weight is 484 g/mol. The summed E-state index contributed by atoms with van der Waals surface area (Å²) in [5.74, 6) is 1.46. The van der Waals surface area contributed by atoms with E-state index in [1.165, 1.54) is 12.1 Å². The predicted octanol–water partition coefficient (Wildman–Crippen LogP) is 5.28. The van der Waals surface area contributed by atoms with Gasteiger partial charge in [0.2, 0.25) is 0 Å². The highest BCUT2D eigenvalue weighted by atomic mass is 19.1. The lowest BCUT2D eigenvalue weighted by atomic mass is 9.99. The number of aromatic nitrogens is 5. The molecule has 0 saturated carbocycles. The smallest absolute Gasteiger partial charge is 0.142 e. The van der Waals surface area contributed by atoms with E-state index in [1.807, 2.05) is 32.0 Å². The molecule has 9 heteroatoms. The molecule has 0 bridgehead atoms. The second kappa shape index (κ2) is 8.39. The molecule has 0 aliphatic rings. The summed E-state index contributed by atoms with van der Waals surface area (Å²) in [5.41, 5.74) is 5.91. The van der Waals surface area contributed by atoms with Gasteiger partial charge in [0.1, 0.15) is 28.8 Å². The summed E-state index contributed by atoms with van der Waals surface area (Å²) in [4.78, 5) is 17.3. The van der Waals surface area contributed by atoms with Crippen LogP contribution in [-0.4, -0.2) is 43.9 Å². The molecule has 6 aromatic rings. The number of H-pyrrole nitrogens is 1. The minimum atomic E-state index is -0.359. The van der Waals surface area contributed by atoms with Crippen LogP contribution >= 0.6 is 0 Å². The van der Waals surface area contributed by atoms with Gasteiger partial charge in [0.05, 0.1) is 41.6 Å². The number of aromatic amines is 1. The normalized spacial score (nSPS) is 11.7. The van der Waals surface area contributed by atoms with E-state index in [1.54, 1.807) is 19.4 Å². The molecular weight excluding hydrogens is 461 g/mol. The Morgan fingerprint density at radius 3 is 2.67 bits per heavy atom. The lowest BCUT2D eigenvalue weighted by Crippen LogP contribution is -2.01. The van der Waals surface area contributed by atoms with Crippen molar-refractivity contribution in [2.75, 3.05) is 13.7 Å². The van der Waals surface area contributed by atoms with E-state index in [9.17, 15) is 9.50 Å². The highest BCUT2D eigenvalue weighted by Gasteiger charge is 2.22. The zero-order valence-electron chi connectivity index (χ0n) is 19.9. The van der Waals surface area contributed by atoms with Crippen LogP contribution in [0.25, 0.3) is 55.2 Å². The fourth-order valence-electron chi connectivity index (χ4n) is 4.83. The zero-order valence-corrected chi connectivity index (χ0v) is 19.9. The van der Waals surface area contributed by atoms with Gasteiger partial charge in [0.15, 0.2) is 0 Å². The maximum absolute atomic E-state index is 14.3. The van der Waals surface area contributed by atoms with E-state index in [0.29, 0.717) is 39.6 Å². The van der Waals surface area contributed by atoms with E-state index in [0.717, 1.165) is 38.7 Å². The molecule has 0 spiro atoms. The number of aliphatic hydroxyl groups excluding tert-OH is 1. The fraction of sp³-hybridized carbons (Fsp3) is 0.185. The number of nitrogens with one attached hydrogen (secondary N) is 1. The van der Waals surface area contributed by atoms with Gasteiger partial charge < -0.3 is 19.4 Å². The largest absolute Gasteiger partial charge is 0.496 e. The van der Waals surface area contributed by atoms with Crippen LogP contribution in [-0.2, 0) is 6.42 Å². The number of ether oxygens (including phenoxy) is 1. The van der Waals surface area contributed by atoms with Crippen molar-refractivity contribution in [3.05, 3.63) is 65.7 Å². The lowest BCUT2D eigenvalue weighted by molar-refractivity contribution is 0.297. The minimum Gasteiger partial charge on any atom is -0.496 e. The van der Waals surface area contributed by atoms with Crippen LogP contribution in [0.1, 0.15) is 17.3 Å². The first kappa shape index (κ1) is 22.1. The Bertz CT molecular complexity index is 1770. The van der Waals surface area contributed by atoms with Crippen LogP contribution in [0.2, 0.25) is 0 Å². The summed E-state index contributed by atoms with van der Waals surface area (Å²) < 4.78 is 25.4. The van der Waals surface area contributed by atoms with E-state index < -0.39 is 0 Å². The van der Waals surface area contributed by atoms with Crippen molar-refractivity contribution in [1.82, 2.24) is 25.1 Å². The first-order chi connectivity index (χ1) is 17.5. The van der Waals surface area contributed by atoms with Crippen LogP contribution in [0, 0.1) is 19.7 Å². The van der Waals surface area contributed by atoms with Gasteiger partial charge in [-0.3, -0.25) is 4.98 Å². The number of pyridine rings is 1. The van der Waals surface area contributed by atoms with Crippen LogP contribution < -0.4 is 4.74 Å². The maximum atomic E-state index is 14.3. The van der Waals surface area contributed by atoms with E-state index >= 15 is 0 Å². The second-order valence-corrected chi connectivity index (χ2v) is 8.63. The lowest BCUT2D eigenvalue weighted by Gasteiger charge is -2.11. The summed E-state index contributed by atoms with van der Waals surface area (Å²) >= 11 is 0. The number of methoxy groups -OCH3 is 1. The topological polar surface area (TPSA) is 110 Å². The molecule has 6 rings (SSSR count). The van der Waals surface area contributed by atoms with E-state index in [2.05, 4.69) is 20.1 Å². The monoisotopic (exact) mass is 483 g/mol. The van der Waals surface area contributed by atoms with Gasteiger partial charge >= 0.3 is 0 Å². The summed E-state index contributed by atoms with van der Waals surface area (Å²) in [5, 5.41) is 15.9.